The van der Waals surface area contributed by atoms with Crippen LogP contribution in [0.3, 0.4) is 0 Å². The van der Waals surface area contributed by atoms with Crippen LogP contribution >= 0.6 is 11.8 Å². The standard InChI is InChI=1S/C21H28N2O2S/c1-6-10-22-19(24)18(26-20(22)25)12-15-8-9-17-16(11-15)14(3)13-21(4,5)23(17)7-2/h8-9,11-12,14H,6-7,10,13H2,1-5H3/b18-12-/t14-/m0/s1. The maximum absolute atomic E-state index is 12.5. The summed E-state index contributed by atoms with van der Waals surface area (Å²) in [7, 11) is 0. The molecule has 0 spiro atoms. The van der Waals surface area contributed by atoms with Crippen molar-refractivity contribution in [3.8, 4) is 0 Å². The topological polar surface area (TPSA) is 40.6 Å². The largest absolute Gasteiger partial charge is 0.366 e. The first kappa shape index (κ1) is 19.0. The maximum atomic E-state index is 12.5. The SMILES string of the molecule is CCCN1C(=O)S/C(=C\c2ccc3c(c2)[C@@H](C)CC(C)(C)N3CC)C1=O. The fraction of sp³-hybridized carbons (Fsp3) is 0.524. The molecule has 1 fully saturated rings. The summed E-state index contributed by atoms with van der Waals surface area (Å²) in [5.41, 5.74) is 3.75. The molecule has 140 valence electrons. The Morgan fingerprint density at radius 3 is 2.65 bits per heavy atom. The molecule has 0 aliphatic carbocycles. The minimum atomic E-state index is -0.163. The van der Waals surface area contributed by atoms with Gasteiger partial charge >= 0.3 is 0 Å². The molecule has 0 saturated carbocycles. The Hall–Kier alpha value is -1.75. The van der Waals surface area contributed by atoms with Crippen molar-refractivity contribution in [2.75, 3.05) is 18.0 Å². The second-order valence-electron chi connectivity index (χ2n) is 7.81. The molecule has 1 atom stereocenters. The third-order valence-corrected chi connectivity index (χ3v) is 6.25. The van der Waals surface area contributed by atoms with E-state index < -0.39 is 0 Å². The molecule has 1 aromatic carbocycles. The Morgan fingerprint density at radius 2 is 2.00 bits per heavy atom. The van der Waals surface area contributed by atoms with Gasteiger partial charge in [-0.3, -0.25) is 14.5 Å². The number of benzene rings is 1. The first-order valence-corrected chi connectivity index (χ1v) is 10.3. The predicted molar refractivity (Wildman–Crippen MR) is 110 cm³/mol. The van der Waals surface area contributed by atoms with Crippen LogP contribution in [0.2, 0.25) is 0 Å². The summed E-state index contributed by atoms with van der Waals surface area (Å²) in [6.07, 6.45) is 3.75. The molecule has 0 radical (unpaired) electrons. The summed E-state index contributed by atoms with van der Waals surface area (Å²) in [6.45, 7) is 12.5. The average molecular weight is 373 g/mol. The molecule has 26 heavy (non-hydrogen) atoms. The lowest BCUT2D eigenvalue weighted by molar-refractivity contribution is -0.122. The van der Waals surface area contributed by atoms with Crippen molar-refractivity contribution in [2.45, 2.75) is 58.9 Å². The molecule has 2 aliphatic rings. The highest BCUT2D eigenvalue weighted by Gasteiger charge is 2.36. The van der Waals surface area contributed by atoms with E-state index in [1.54, 1.807) is 0 Å². The molecule has 2 amide bonds. The van der Waals surface area contributed by atoms with Gasteiger partial charge in [0.15, 0.2) is 0 Å². The van der Waals surface area contributed by atoms with Crippen LogP contribution in [0.25, 0.3) is 6.08 Å². The molecule has 0 bridgehead atoms. The zero-order chi connectivity index (χ0) is 19.1. The highest BCUT2D eigenvalue weighted by atomic mass is 32.2. The van der Waals surface area contributed by atoms with E-state index in [0.29, 0.717) is 17.4 Å². The molecule has 1 saturated heterocycles. The number of imide groups is 1. The fourth-order valence-electron chi connectivity index (χ4n) is 4.26. The van der Waals surface area contributed by atoms with Crippen molar-refractivity contribution in [1.29, 1.82) is 0 Å². The number of amides is 2. The summed E-state index contributed by atoms with van der Waals surface area (Å²) in [6, 6.07) is 6.41. The van der Waals surface area contributed by atoms with E-state index >= 15 is 0 Å². The molecule has 5 heteroatoms. The zero-order valence-electron chi connectivity index (χ0n) is 16.3. The van der Waals surface area contributed by atoms with E-state index in [4.69, 9.17) is 0 Å². The van der Waals surface area contributed by atoms with Gasteiger partial charge in [0.05, 0.1) is 4.91 Å². The second-order valence-corrected chi connectivity index (χ2v) is 8.81. The van der Waals surface area contributed by atoms with Crippen molar-refractivity contribution in [3.05, 3.63) is 34.2 Å². The number of hydrogen-bond donors (Lipinski definition) is 0. The van der Waals surface area contributed by atoms with E-state index in [9.17, 15) is 9.59 Å². The number of nitrogens with zero attached hydrogens (tertiary/aromatic N) is 2. The van der Waals surface area contributed by atoms with Crippen LogP contribution in [0.5, 0.6) is 0 Å². The number of rotatable bonds is 4. The van der Waals surface area contributed by atoms with E-state index in [0.717, 1.165) is 36.7 Å². The Labute approximate surface area is 160 Å². The van der Waals surface area contributed by atoms with Crippen LogP contribution in [0.4, 0.5) is 10.5 Å². The van der Waals surface area contributed by atoms with E-state index in [2.05, 4.69) is 50.8 Å². The molecular weight excluding hydrogens is 344 g/mol. The van der Waals surface area contributed by atoms with Gasteiger partial charge < -0.3 is 4.90 Å². The van der Waals surface area contributed by atoms with Crippen LogP contribution in [-0.2, 0) is 4.79 Å². The van der Waals surface area contributed by atoms with Crippen LogP contribution in [0.1, 0.15) is 64.5 Å². The van der Waals surface area contributed by atoms with Crippen molar-refractivity contribution < 1.29 is 9.59 Å². The van der Waals surface area contributed by atoms with Crippen molar-refractivity contribution >= 4 is 34.7 Å². The Bertz CT molecular complexity index is 769. The number of fused-ring (bicyclic) bond motifs is 1. The normalized spacial score (nSPS) is 23.7. The Balaban J connectivity index is 1.94. The molecule has 2 heterocycles. The van der Waals surface area contributed by atoms with Crippen molar-refractivity contribution in [2.24, 2.45) is 0 Å². The summed E-state index contributed by atoms with van der Waals surface area (Å²) in [5.74, 6) is 0.301. The summed E-state index contributed by atoms with van der Waals surface area (Å²) >= 11 is 1.05. The monoisotopic (exact) mass is 372 g/mol. The van der Waals surface area contributed by atoms with E-state index in [1.807, 2.05) is 13.0 Å². The molecule has 2 aliphatic heterocycles. The van der Waals surface area contributed by atoms with Gasteiger partial charge in [0.1, 0.15) is 0 Å². The van der Waals surface area contributed by atoms with Gasteiger partial charge in [0, 0.05) is 24.3 Å². The smallest absolute Gasteiger partial charge is 0.293 e. The van der Waals surface area contributed by atoms with Gasteiger partial charge in [-0.1, -0.05) is 19.9 Å². The summed E-state index contributed by atoms with van der Waals surface area (Å²) < 4.78 is 0. The first-order valence-electron chi connectivity index (χ1n) is 9.45. The summed E-state index contributed by atoms with van der Waals surface area (Å²) in [5, 5.41) is -0.159. The minimum Gasteiger partial charge on any atom is -0.366 e. The molecule has 1 aromatic rings. The molecule has 0 unspecified atom stereocenters. The van der Waals surface area contributed by atoms with Crippen LogP contribution in [0, 0.1) is 0 Å². The lowest BCUT2D eigenvalue weighted by Crippen LogP contribution is -2.48. The van der Waals surface area contributed by atoms with Crippen LogP contribution < -0.4 is 4.90 Å². The number of anilines is 1. The maximum Gasteiger partial charge on any atom is 0.293 e. The van der Waals surface area contributed by atoms with Crippen molar-refractivity contribution in [1.82, 2.24) is 4.90 Å². The minimum absolute atomic E-state index is 0.144. The van der Waals surface area contributed by atoms with Gasteiger partial charge in [-0.2, -0.15) is 0 Å². The number of thioether (sulfide) groups is 1. The molecular formula is C21H28N2O2S. The molecule has 0 N–H and O–H groups in total. The molecule has 3 rings (SSSR count). The lowest BCUT2D eigenvalue weighted by atomic mass is 9.79. The highest BCUT2D eigenvalue weighted by molar-refractivity contribution is 8.18. The van der Waals surface area contributed by atoms with Gasteiger partial charge in [-0.15, -0.1) is 0 Å². The van der Waals surface area contributed by atoms with Gasteiger partial charge in [0.25, 0.3) is 11.1 Å². The van der Waals surface area contributed by atoms with Gasteiger partial charge in [-0.05, 0) is 80.6 Å². The van der Waals surface area contributed by atoms with Crippen LogP contribution in [-0.4, -0.2) is 34.7 Å². The van der Waals surface area contributed by atoms with Crippen molar-refractivity contribution in [3.63, 3.8) is 0 Å². The molecule has 0 aromatic heterocycles. The fourth-order valence-corrected chi connectivity index (χ4v) is 5.13. The zero-order valence-corrected chi connectivity index (χ0v) is 17.2. The third-order valence-electron chi connectivity index (χ3n) is 5.34. The van der Waals surface area contributed by atoms with Gasteiger partial charge in [0.2, 0.25) is 0 Å². The number of carbonyl (C=O) groups excluding carboxylic acids is 2. The quantitative estimate of drug-likeness (QED) is 0.677. The predicted octanol–water partition coefficient (Wildman–Crippen LogP) is 5.25. The number of hydrogen-bond acceptors (Lipinski definition) is 4. The first-order chi connectivity index (χ1) is 12.3. The van der Waals surface area contributed by atoms with E-state index in [-0.39, 0.29) is 16.7 Å². The summed E-state index contributed by atoms with van der Waals surface area (Å²) in [4.78, 5) is 28.8. The van der Waals surface area contributed by atoms with Gasteiger partial charge in [-0.25, -0.2) is 0 Å². The second kappa shape index (κ2) is 7.10. The Kier molecular flexibility index (Phi) is 5.20. The highest BCUT2D eigenvalue weighted by Crippen LogP contribution is 2.44. The Morgan fingerprint density at radius 1 is 1.27 bits per heavy atom. The number of carbonyl (C=O) groups is 2. The average Bonchev–Trinajstić information content (AvgIpc) is 2.83. The van der Waals surface area contributed by atoms with Crippen LogP contribution in [0.15, 0.2) is 23.1 Å². The lowest BCUT2D eigenvalue weighted by Gasteiger charge is -2.47. The third kappa shape index (κ3) is 3.29. The molecule has 4 nitrogen and oxygen atoms in total. The van der Waals surface area contributed by atoms with E-state index in [1.165, 1.54) is 16.2 Å².